The Morgan fingerprint density at radius 3 is 2.79 bits per heavy atom. The van der Waals surface area contributed by atoms with Gasteiger partial charge in [0.05, 0.1) is 36.1 Å². The summed E-state index contributed by atoms with van der Waals surface area (Å²) in [5.41, 5.74) is 8.40. The maximum absolute atomic E-state index is 5.70. The standard InChI is InChI=1S/C9H13N5/c1-7-9(10)5-14(12-7)4-8-3-11-6-13(8)2/h3,5-6H,4,10H2,1-2H3. The number of imidazole rings is 1. The fourth-order valence-electron chi connectivity index (χ4n) is 1.32. The minimum atomic E-state index is 0.703. The highest BCUT2D eigenvalue weighted by atomic mass is 15.3. The van der Waals surface area contributed by atoms with E-state index >= 15 is 0 Å². The number of aryl methyl sites for hydroxylation is 2. The largest absolute Gasteiger partial charge is 0.396 e. The van der Waals surface area contributed by atoms with Crippen molar-refractivity contribution in [1.82, 2.24) is 19.3 Å². The molecule has 0 aliphatic rings. The highest BCUT2D eigenvalue weighted by Crippen LogP contribution is 2.08. The molecule has 0 spiro atoms. The normalized spacial score (nSPS) is 10.7. The second-order valence-electron chi connectivity index (χ2n) is 3.36. The molecule has 14 heavy (non-hydrogen) atoms. The molecule has 5 nitrogen and oxygen atoms in total. The summed E-state index contributed by atoms with van der Waals surface area (Å²) in [7, 11) is 1.96. The summed E-state index contributed by atoms with van der Waals surface area (Å²) in [6.07, 6.45) is 5.44. The summed E-state index contributed by atoms with van der Waals surface area (Å²) in [6.45, 7) is 2.60. The number of hydrogen-bond acceptors (Lipinski definition) is 3. The first kappa shape index (κ1) is 8.80. The zero-order chi connectivity index (χ0) is 10.1. The van der Waals surface area contributed by atoms with Crippen LogP contribution in [0.5, 0.6) is 0 Å². The summed E-state index contributed by atoms with van der Waals surface area (Å²) in [4.78, 5) is 4.04. The van der Waals surface area contributed by atoms with Crippen LogP contribution in [0.3, 0.4) is 0 Å². The van der Waals surface area contributed by atoms with Gasteiger partial charge in [-0.05, 0) is 6.92 Å². The van der Waals surface area contributed by atoms with E-state index in [-0.39, 0.29) is 0 Å². The van der Waals surface area contributed by atoms with Gasteiger partial charge in [-0.25, -0.2) is 4.98 Å². The van der Waals surface area contributed by atoms with E-state index in [1.807, 2.05) is 35.6 Å². The summed E-state index contributed by atoms with van der Waals surface area (Å²) in [6, 6.07) is 0. The van der Waals surface area contributed by atoms with Crippen LogP contribution >= 0.6 is 0 Å². The Labute approximate surface area is 82.2 Å². The van der Waals surface area contributed by atoms with E-state index in [2.05, 4.69) is 10.1 Å². The Kier molecular flexibility index (Phi) is 1.99. The summed E-state index contributed by atoms with van der Waals surface area (Å²) >= 11 is 0. The smallest absolute Gasteiger partial charge is 0.0946 e. The van der Waals surface area contributed by atoms with Crippen molar-refractivity contribution in [3.05, 3.63) is 30.1 Å². The number of nitrogen functional groups attached to an aromatic ring is 1. The van der Waals surface area contributed by atoms with E-state index in [1.54, 1.807) is 6.33 Å². The van der Waals surface area contributed by atoms with Gasteiger partial charge in [-0.15, -0.1) is 0 Å². The molecule has 2 heterocycles. The topological polar surface area (TPSA) is 61.7 Å². The molecular formula is C9H13N5. The molecule has 2 N–H and O–H groups in total. The second-order valence-corrected chi connectivity index (χ2v) is 3.36. The average Bonchev–Trinajstić information content (AvgIpc) is 2.63. The lowest BCUT2D eigenvalue weighted by atomic mass is 10.4. The fraction of sp³-hybridized carbons (Fsp3) is 0.333. The highest BCUT2D eigenvalue weighted by molar-refractivity contribution is 5.39. The van der Waals surface area contributed by atoms with Gasteiger partial charge in [0.15, 0.2) is 0 Å². The van der Waals surface area contributed by atoms with Crippen molar-refractivity contribution in [3.8, 4) is 0 Å². The van der Waals surface area contributed by atoms with Crippen LogP contribution in [0.15, 0.2) is 18.7 Å². The van der Waals surface area contributed by atoms with Gasteiger partial charge >= 0.3 is 0 Å². The molecule has 0 amide bonds. The van der Waals surface area contributed by atoms with Gasteiger partial charge in [0.2, 0.25) is 0 Å². The summed E-state index contributed by atoms with van der Waals surface area (Å²) in [5.74, 6) is 0. The van der Waals surface area contributed by atoms with Crippen molar-refractivity contribution in [3.63, 3.8) is 0 Å². The van der Waals surface area contributed by atoms with Gasteiger partial charge in [-0.3, -0.25) is 4.68 Å². The number of aromatic nitrogens is 4. The van der Waals surface area contributed by atoms with E-state index in [9.17, 15) is 0 Å². The third kappa shape index (κ3) is 1.48. The zero-order valence-corrected chi connectivity index (χ0v) is 8.31. The van der Waals surface area contributed by atoms with E-state index in [1.165, 1.54) is 0 Å². The highest BCUT2D eigenvalue weighted by Gasteiger charge is 2.03. The number of rotatable bonds is 2. The van der Waals surface area contributed by atoms with Crippen LogP contribution in [0.25, 0.3) is 0 Å². The van der Waals surface area contributed by atoms with Crippen molar-refractivity contribution < 1.29 is 0 Å². The molecule has 0 fully saturated rings. The predicted molar refractivity (Wildman–Crippen MR) is 53.7 cm³/mol. The maximum Gasteiger partial charge on any atom is 0.0946 e. The molecule has 5 heteroatoms. The van der Waals surface area contributed by atoms with Crippen molar-refractivity contribution in [2.75, 3.05) is 5.73 Å². The number of hydrogen-bond donors (Lipinski definition) is 1. The van der Waals surface area contributed by atoms with Crippen molar-refractivity contribution in [2.24, 2.45) is 7.05 Å². The second kappa shape index (κ2) is 3.17. The Morgan fingerprint density at radius 1 is 1.50 bits per heavy atom. The van der Waals surface area contributed by atoms with Crippen LogP contribution in [0.4, 0.5) is 5.69 Å². The van der Waals surface area contributed by atoms with Crippen LogP contribution in [0, 0.1) is 6.92 Å². The Bertz CT molecular complexity index is 420. The average molecular weight is 191 g/mol. The molecule has 0 bridgehead atoms. The fourth-order valence-corrected chi connectivity index (χ4v) is 1.32. The molecule has 0 unspecified atom stereocenters. The molecule has 74 valence electrons. The minimum absolute atomic E-state index is 0.703. The zero-order valence-electron chi connectivity index (χ0n) is 8.31. The SMILES string of the molecule is Cc1nn(Cc2cncn2C)cc1N. The first-order chi connectivity index (χ1) is 6.66. The van der Waals surface area contributed by atoms with Crippen LogP contribution in [0.1, 0.15) is 11.4 Å². The first-order valence-corrected chi connectivity index (χ1v) is 4.41. The first-order valence-electron chi connectivity index (χ1n) is 4.41. The third-order valence-corrected chi connectivity index (χ3v) is 2.22. The van der Waals surface area contributed by atoms with Crippen LogP contribution in [0.2, 0.25) is 0 Å². The van der Waals surface area contributed by atoms with Crippen LogP contribution in [-0.2, 0) is 13.6 Å². The van der Waals surface area contributed by atoms with E-state index in [4.69, 9.17) is 5.73 Å². The number of nitrogens with zero attached hydrogens (tertiary/aromatic N) is 4. The van der Waals surface area contributed by atoms with E-state index < -0.39 is 0 Å². The number of nitrogens with two attached hydrogens (primary N) is 1. The van der Waals surface area contributed by atoms with Crippen LogP contribution < -0.4 is 5.73 Å². The summed E-state index contributed by atoms with van der Waals surface area (Å²) < 4.78 is 3.79. The molecular weight excluding hydrogens is 178 g/mol. The Hall–Kier alpha value is -1.78. The monoisotopic (exact) mass is 191 g/mol. The minimum Gasteiger partial charge on any atom is -0.396 e. The lowest BCUT2D eigenvalue weighted by molar-refractivity contribution is 0.643. The van der Waals surface area contributed by atoms with Crippen molar-refractivity contribution >= 4 is 5.69 Å². The van der Waals surface area contributed by atoms with Gasteiger partial charge in [-0.2, -0.15) is 5.10 Å². The predicted octanol–water partition coefficient (Wildman–Crippen LogP) is 0.556. The van der Waals surface area contributed by atoms with Crippen molar-refractivity contribution in [2.45, 2.75) is 13.5 Å². The number of anilines is 1. The van der Waals surface area contributed by atoms with Gasteiger partial charge in [0, 0.05) is 13.2 Å². The van der Waals surface area contributed by atoms with Crippen LogP contribution in [-0.4, -0.2) is 19.3 Å². The molecule has 0 saturated heterocycles. The van der Waals surface area contributed by atoms with Gasteiger partial charge in [0.1, 0.15) is 0 Å². The molecule has 0 atom stereocenters. The molecule has 0 aliphatic heterocycles. The third-order valence-electron chi connectivity index (χ3n) is 2.22. The van der Waals surface area contributed by atoms with Gasteiger partial charge in [0.25, 0.3) is 0 Å². The molecule has 2 aromatic rings. The van der Waals surface area contributed by atoms with E-state index in [0.717, 1.165) is 17.1 Å². The lowest BCUT2D eigenvalue weighted by Gasteiger charge is -2.01. The van der Waals surface area contributed by atoms with E-state index in [0.29, 0.717) is 6.54 Å². The summed E-state index contributed by atoms with van der Waals surface area (Å²) in [5, 5.41) is 4.28. The molecule has 2 rings (SSSR count). The van der Waals surface area contributed by atoms with Gasteiger partial charge in [-0.1, -0.05) is 0 Å². The Balaban J connectivity index is 2.23. The van der Waals surface area contributed by atoms with Gasteiger partial charge < -0.3 is 10.3 Å². The quantitative estimate of drug-likeness (QED) is 0.754. The maximum atomic E-state index is 5.70. The molecule has 0 aliphatic carbocycles. The Morgan fingerprint density at radius 2 is 2.29 bits per heavy atom. The molecule has 0 aromatic carbocycles. The van der Waals surface area contributed by atoms with Crippen molar-refractivity contribution in [1.29, 1.82) is 0 Å². The molecule has 2 aromatic heterocycles. The molecule has 0 saturated carbocycles. The molecule has 0 radical (unpaired) electrons. The lowest BCUT2D eigenvalue weighted by Crippen LogP contribution is -2.04.